The molecule has 7 nitrogen and oxygen atoms in total. The number of thioether (sulfide) groups is 1. The van der Waals surface area contributed by atoms with E-state index in [4.69, 9.17) is 4.74 Å². The van der Waals surface area contributed by atoms with E-state index >= 15 is 0 Å². The highest BCUT2D eigenvalue weighted by Gasteiger charge is 2.22. The van der Waals surface area contributed by atoms with Crippen molar-refractivity contribution in [3.63, 3.8) is 0 Å². The molecule has 1 amide bonds. The van der Waals surface area contributed by atoms with Gasteiger partial charge in [0.05, 0.1) is 11.3 Å². The van der Waals surface area contributed by atoms with Crippen LogP contribution >= 0.6 is 23.1 Å². The first-order valence-electron chi connectivity index (χ1n) is 10.7. The Labute approximate surface area is 195 Å². The smallest absolute Gasteiger partial charge is 0.235 e. The van der Waals surface area contributed by atoms with Gasteiger partial charge in [0, 0.05) is 11.9 Å². The average molecular weight is 468 g/mol. The summed E-state index contributed by atoms with van der Waals surface area (Å²) in [5, 5.41) is 22.2. The number of nitriles is 1. The molecule has 2 aromatic heterocycles. The minimum absolute atomic E-state index is 0.151. The van der Waals surface area contributed by atoms with Gasteiger partial charge in [-0.2, -0.15) is 5.26 Å². The van der Waals surface area contributed by atoms with Crippen molar-refractivity contribution < 1.29 is 9.53 Å². The third-order valence-corrected chi connectivity index (χ3v) is 7.72. The van der Waals surface area contributed by atoms with Crippen LogP contribution < -0.4 is 10.1 Å². The number of rotatable bonds is 8. The molecule has 32 heavy (non-hydrogen) atoms. The maximum absolute atomic E-state index is 12.5. The van der Waals surface area contributed by atoms with Crippen LogP contribution in [0.25, 0.3) is 0 Å². The second-order valence-corrected chi connectivity index (χ2v) is 9.66. The molecule has 1 aliphatic rings. The lowest BCUT2D eigenvalue weighted by molar-refractivity contribution is -0.113. The molecular weight excluding hydrogens is 442 g/mol. The summed E-state index contributed by atoms with van der Waals surface area (Å²) in [7, 11) is 1.86. The van der Waals surface area contributed by atoms with Gasteiger partial charge in [0.15, 0.2) is 11.0 Å². The van der Waals surface area contributed by atoms with Gasteiger partial charge >= 0.3 is 0 Å². The summed E-state index contributed by atoms with van der Waals surface area (Å²) >= 11 is 2.85. The van der Waals surface area contributed by atoms with E-state index in [1.807, 2.05) is 35.9 Å². The van der Waals surface area contributed by atoms with Gasteiger partial charge < -0.3 is 14.6 Å². The lowest BCUT2D eigenvalue weighted by Crippen LogP contribution is -2.14. The zero-order valence-corrected chi connectivity index (χ0v) is 19.8. The summed E-state index contributed by atoms with van der Waals surface area (Å²) in [6.45, 7) is 2.42. The minimum atomic E-state index is -0.151. The second-order valence-electron chi connectivity index (χ2n) is 7.61. The van der Waals surface area contributed by atoms with Gasteiger partial charge in [-0.15, -0.1) is 21.5 Å². The summed E-state index contributed by atoms with van der Waals surface area (Å²) in [6.07, 6.45) is 5.15. The van der Waals surface area contributed by atoms with Gasteiger partial charge in [-0.05, 0) is 55.4 Å². The van der Waals surface area contributed by atoms with Gasteiger partial charge in [0.25, 0.3) is 0 Å². The number of hydrogen-bond donors (Lipinski definition) is 1. The fourth-order valence-corrected chi connectivity index (χ4v) is 5.62. The van der Waals surface area contributed by atoms with Crippen LogP contribution in [0.1, 0.15) is 47.2 Å². The van der Waals surface area contributed by atoms with Crippen molar-refractivity contribution in [1.29, 1.82) is 5.26 Å². The Hall–Kier alpha value is -2.83. The van der Waals surface area contributed by atoms with Crippen molar-refractivity contribution in [3.8, 4) is 11.8 Å². The Balaban J connectivity index is 1.32. The van der Waals surface area contributed by atoms with Crippen LogP contribution in [0, 0.1) is 11.3 Å². The van der Waals surface area contributed by atoms with Crippen molar-refractivity contribution in [3.05, 3.63) is 51.7 Å². The SMILES string of the molecule is CCc1ccc(OCc2nnc(SCC(=O)Nc3sc4c(c3C#N)CCCC4)n2C)cc1. The molecule has 9 heteroatoms. The summed E-state index contributed by atoms with van der Waals surface area (Å²) in [5.74, 6) is 1.51. The van der Waals surface area contributed by atoms with E-state index in [1.165, 1.54) is 33.5 Å². The number of nitrogens with zero attached hydrogens (tertiary/aromatic N) is 4. The first-order chi connectivity index (χ1) is 15.6. The number of ether oxygens (including phenoxy) is 1. The molecule has 4 rings (SSSR count). The zero-order chi connectivity index (χ0) is 22.5. The van der Waals surface area contributed by atoms with Crippen LogP contribution in [-0.4, -0.2) is 26.4 Å². The monoisotopic (exact) mass is 467 g/mol. The van der Waals surface area contributed by atoms with E-state index in [1.54, 1.807) is 0 Å². The summed E-state index contributed by atoms with van der Waals surface area (Å²) in [6, 6.07) is 10.3. The number of anilines is 1. The molecule has 0 unspecified atom stereocenters. The van der Waals surface area contributed by atoms with Crippen molar-refractivity contribution in [1.82, 2.24) is 14.8 Å². The van der Waals surface area contributed by atoms with Crippen LogP contribution in [0.15, 0.2) is 29.4 Å². The van der Waals surface area contributed by atoms with Crippen LogP contribution in [0.3, 0.4) is 0 Å². The summed E-state index contributed by atoms with van der Waals surface area (Å²) < 4.78 is 7.65. The summed E-state index contributed by atoms with van der Waals surface area (Å²) in [5.41, 5.74) is 3.01. The van der Waals surface area contributed by atoms with E-state index in [0.29, 0.717) is 28.2 Å². The molecule has 166 valence electrons. The predicted octanol–water partition coefficient (Wildman–Crippen LogP) is 4.50. The first kappa shape index (κ1) is 22.4. The predicted molar refractivity (Wildman–Crippen MR) is 126 cm³/mol. The molecule has 0 atom stereocenters. The molecule has 1 aliphatic carbocycles. The lowest BCUT2D eigenvalue weighted by atomic mass is 9.96. The number of benzene rings is 1. The molecular formula is C23H25N5O2S2. The van der Waals surface area contributed by atoms with E-state index in [2.05, 4.69) is 28.5 Å². The Morgan fingerprint density at radius 1 is 1.28 bits per heavy atom. The van der Waals surface area contributed by atoms with Crippen LogP contribution in [0.5, 0.6) is 5.75 Å². The lowest BCUT2D eigenvalue weighted by Gasteiger charge is -2.09. The fraction of sp³-hybridized carbons (Fsp3) is 0.391. The Bertz CT molecular complexity index is 1140. The largest absolute Gasteiger partial charge is 0.486 e. The maximum Gasteiger partial charge on any atom is 0.235 e. The second kappa shape index (κ2) is 10.2. The number of carbonyl (C=O) groups excluding carboxylic acids is 1. The quantitative estimate of drug-likeness (QED) is 0.491. The molecule has 0 bridgehead atoms. The van der Waals surface area contributed by atoms with Gasteiger partial charge in [-0.25, -0.2) is 0 Å². The van der Waals surface area contributed by atoms with Crippen molar-refractivity contribution in [2.45, 2.75) is 50.8 Å². The van der Waals surface area contributed by atoms with Gasteiger partial charge in [0.1, 0.15) is 23.4 Å². The molecule has 0 radical (unpaired) electrons. The molecule has 1 aromatic carbocycles. The van der Waals surface area contributed by atoms with Gasteiger partial charge in [-0.1, -0.05) is 30.8 Å². The number of thiophene rings is 1. The molecule has 2 heterocycles. The standard InChI is InChI=1S/C23H25N5O2S2/c1-3-15-8-10-16(11-9-15)30-13-20-26-27-23(28(20)2)31-14-21(29)25-22-18(12-24)17-6-4-5-7-19(17)32-22/h8-11H,3-7,13-14H2,1-2H3,(H,25,29). The highest BCUT2D eigenvalue weighted by Crippen LogP contribution is 2.37. The number of nitrogens with one attached hydrogen (secondary N) is 1. The van der Waals surface area contributed by atoms with Crippen LogP contribution in [-0.2, 0) is 37.7 Å². The molecule has 0 spiro atoms. The normalized spacial score (nSPS) is 12.8. The number of aromatic nitrogens is 3. The molecule has 0 saturated heterocycles. The number of amides is 1. The van der Waals surface area contributed by atoms with Crippen molar-refractivity contribution in [2.75, 3.05) is 11.1 Å². The number of hydrogen-bond acceptors (Lipinski definition) is 7. The minimum Gasteiger partial charge on any atom is -0.486 e. The highest BCUT2D eigenvalue weighted by atomic mass is 32.2. The van der Waals surface area contributed by atoms with E-state index in [0.717, 1.165) is 43.4 Å². The van der Waals surface area contributed by atoms with E-state index < -0.39 is 0 Å². The fourth-order valence-electron chi connectivity index (χ4n) is 3.63. The zero-order valence-electron chi connectivity index (χ0n) is 18.2. The van der Waals surface area contributed by atoms with E-state index in [-0.39, 0.29) is 11.7 Å². The molecule has 1 N–H and O–H groups in total. The Morgan fingerprint density at radius 2 is 2.06 bits per heavy atom. The number of carbonyl (C=O) groups is 1. The van der Waals surface area contributed by atoms with Crippen molar-refractivity contribution >= 4 is 34.0 Å². The highest BCUT2D eigenvalue weighted by molar-refractivity contribution is 7.99. The molecule has 3 aromatic rings. The molecule has 0 aliphatic heterocycles. The Morgan fingerprint density at radius 3 is 2.81 bits per heavy atom. The molecule has 0 fully saturated rings. The average Bonchev–Trinajstić information content (AvgIpc) is 3.35. The Kier molecular flexibility index (Phi) is 7.12. The van der Waals surface area contributed by atoms with Crippen LogP contribution in [0.4, 0.5) is 5.00 Å². The van der Waals surface area contributed by atoms with Gasteiger partial charge in [-0.3, -0.25) is 4.79 Å². The molecule has 0 saturated carbocycles. The van der Waals surface area contributed by atoms with Gasteiger partial charge in [0.2, 0.25) is 5.91 Å². The topological polar surface area (TPSA) is 92.8 Å². The summed E-state index contributed by atoms with van der Waals surface area (Å²) in [4.78, 5) is 13.8. The first-order valence-corrected chi connectivity index (χ1v) is 12.5. The third-order valence-electron chi connectivity index (χ3n) is 5.49. The number of aryl methyl sites for hydroxylation is 2. The van der Waals surface area contributed by atoms with Crippen molar-refractivity contribution in [2.24, 2.45) is 7.05 Å². The van der Waals surface area contributed by atoms with E-state index in [9.17, 15) is 10.1 Å². The maximum atomic E-state index is 12.5. The van der Waals surface area contributed by atoms with Crippen LogP contribution in [0.2, 0.25) is 0 Å². The third kappa shape index (κ3) is 4.97. The number of fused-ring (bicyclic) bond motifs is 1.